The van der Waals surface area contributed by atoms with E-state index >= 15 is 0 Å². The summed E-state index contributed by atoms with van der Waals surface area (Å²) in [5.41, 5.74) is 4.08. The highest BCUT2D eigenvalue weighted by atomic mass is 15.1. The normalized spacial score (nSPS) is 11.2. The number of benzene rings is 1. The van der Waals surface area contributed by atoms with E-state index in [1.807, 2.05) is 6.20 Å². The highest BCUT2D eigenvalue weighted by molar-refractivity contribution is 5.33. The molecular formula is C16H23N3. The number of rotatable bonds is 5. The number of aromatic nitrogens is 2. The topological polar surface area (TPSA) is 29.9 Å². The van der Waals surface area contributed by atoms with Gasteiger partial charge in [0, 0.05) is 25.0 Å². The van der Waals surface area contributed by atoms with Crippen molar-refractivity contribution in [2.24, 2.45) is 0 Å². The smallest absolute Gasteiger partial charge is 0.122 e. The molecule has 0 fully saturated rings. The van der Waals surface area contributed by atoms with Gasteiger partial charge in [-0.1, -0.05) is 32.0 Å². The second-order valence-electron chi connectivity index (χ2n) is 5.38. The Morgan fingerprint density at radius 2 is 1.89 bits per heavy atom. The molecule has 1 aromatic carbocycles. The Kier molecular flexibility index (Phi) is 4.38. The van der Waals surface area contributed by atoms with Gasteiger partial charge >= 0.3 is 0 Å². The maximum atomic E-state index is 4.44. The van der Waals surface area contributed by atoms with Crippen LogP contribution < -0.4 is 5.32 Å². The molecule has 0 saturated carbocycles. The maximum Gasteiger partial charge on any atom is 0.122 e. The Bertz CT molecular complexity index is 520. The largest absolute Gasteiger partial charge is 0.329 e. The summed E-state index contributed by atoms with van der Waals surface area (Å²) < 4.78 is 2.23. The molecule has 2 rings (SSSR count). The molecule has 0 radical (unpaired) electrons. The van der Waals surface area contributed by atoms with Crippen LogP contribution >= 0.6 is 0 Å². The van der Waals surface area contributed by atoms with E-state index in [0.717, 1.165) is 18.9 Å². The average Bonchev–Trinajstić information content (AvgIpc) is 2.79. The van der Waals surface area contributed by atoms with Gasteiger partial charge in [0.05, 0.1) is 6.54 Å². The van der Waals surface area contributed by atoms with Crippen LogP contribution in [0.5, 0.6) is 0 Å². The first-order valence-corrected chi connectivity index (χ1v) is 6.86. The Morgan fingerprint density at radius 1 is 1.21 bits per heavy atom. The SMILES string of the molecule is Cc1cccc(C)c1Cn1ccnc1CNC(C)C. The van der Waals surface area contributed by atoms with Crippen LogP contribution in [0.15, 0.2) is 30.6 Å². The summed E-state index contributed by atoms with van der Waals surface area (Å²) in [4.78, 5) is 4.44. The Hall–Kier alpha value is -1.61. The molecule has 0 spiro atoms. The van der Waals surface area contributed by atoms with E-state index in [2.05, 4.69) is 67.0 Å². The van der Waals surface area contributed by atoms with Gasteiger partial charge in [-0.15, -0.1) is 0 Å². The lowest BCUT2D eigenvalue weighted by molar-refractivity contribution is 0.554. The number of aryl methyl sites for hydroxylation is 2. The summed E-state index contributed by atoms with van der Waals surface area (Å²) in [6.07, 6.45) is 3.94. The van der Waals surface area contributed by atoms with Gasteiger partial charge in [0.2, 0.25) is 0 Å². The van der Waals surface area contributed by atoms with Crippen LogP contribution in [0.1, 0.15) is 36.4 Å². The standard InChI is InChI=1S/C16H23N3/c1-12(2)18-10-16-17-8-9-19(16)11-15-13(3)6-5-7-14(15)4/h5-9,12,18H,10-11H2,1-4H3. The van der Waals surface area contributed by atoms with Crippen molar-refractivity contribution in [3.63, 3.8) is 0 Å². The van der Waals surface area contributed by atoms with Gasteiger partial charge in [0.15, 0.2) is 0 Å². The van der Waals surface area contributed by atoms with Crippen molar-refractivity contribution < 1.29 is 0 Å². The summed E-state index contributed by atoms with van der Waals surface area (Å²) in [5.74, 6) is 1.09. The molecule has 0 unspecified atom stereocenters. The predicted molar refractivity (Wildman–Crippen MR) is 79.2 cm³/mol. The molecule has 0 bridgehead atoms. The number of imidazole rings is 1. The quantitative estimate of drug-likeness (QED) is 0.892. The molecule has 0 saturated heterocycles. The van der Waals surface area contributed by atoms with Gasteiger partial charge in [-0.3, -0.25) is 0 Å². The summed E-state index contributed by atoms with van der Waals surface area (Å²) in [5, 5.41) is 3.42. The molecule has 3 heteroatoms. The fourth-order valence-corrected chi connectivity index (χ4v) is 2.22. The van der Waals surface area contributed by atoms with E-state index < -0.39 is 0 Å². The third kappa shape index (κ3) is 3.44. The van der Waals surface area contributed by atoms with E-state index in [1.165, 1.54) is 16.7 Å². The van der Waals surface area contributed by atoms with Crippen LogP contribution in [0.2, 0.25) is 0 Å². The lowest BCUT2D eigenvalue weighted by atomic mass is 10.0. The lowest BCUT2D eigenvalue weighted by Gasteiger charge is -2.14. The molecule has 0 aliphatic carbocycles. The molecule has 102 valence electrons. The van der Waals surface area contributed by atoms with Gasteiger partial charge in [-0.05, 0) is 30.5 Å². The molecule has 2 aromatic rings. The van der Waals surface area contributed by atoms with E-state index in [9.17, 15) is 0 Å². The molecule has 0 amide bonds. The van der Waals surface area contributed by atoms with E-state index in [-0.39, 0.29) is 0 Å². The monoisotopic (exact) mass is 257 g/mol. The van der Waals surface area contributed by atoms with Gasteiger partial charge < -0.3 is 9.88 Å². The van der Waals surface area contributed by atoms with Crippen LogP contribution in [-0.4, -0.2) is 15.6 Å². The zero-order valence-corrected chi connectivity index (χ0v) is 12.3. The van der Waals surface area contributed by atoms with Crippen molar-refractivity contribution in [2.75, 3.05) is 0 Å². The molecule has 1 aromatic heterocycles. The molecular weight excluding hydrogens is 234 g/mol. The van der Waals surface area contributed by atoms with Crippen LogP contribution in [0.4, 0.5) is 0 Å². The van der Waals surface area contributed by atoms with Crippen LogP contribution in [-0.2, 0) is 13.1 Å². The molecule has 1 N–H and O–H groups in total. The molecule has 0 aliphatic rings. The molecule has 3 nitrogen and oxygen atoms in total. The van der Waals surface area contributed by atoms with Crippen molar-refractivity contribution in [1.82, 2.24) is 14.9 Å². The third-order valence-electron chi connectivity index (χ3n) is 3.44. The third-order valence-corrected chi connectivity index (χ3v) is 3.44. The van der Waals surface area contributed by atoms with Gasteiger partial charge in [-0.25, -0.2) is 4.98 Å². The van der Waals surface area contributed by atoms with Crippen molar-refractivity contribution in [3.05, 3.63) is 53.1 Å². The van der Waals surface area contributed by atoms with Crippen molar-refractivity contribution in [2.45, 2.75) is 46.8 Å². The first-order chi connectivity index (χ1) is 9.08. The fourth-order valence-electron chi connectivity index (χ4n) is 2.22. The van der Waals surface area contributed by atoms with Crippen LogP contribution in [0.25, 0.3) is 0 Å². The van der Waals surface area contributed by atoms with Crippen LogP contribution in [0, 0.1) is 13.8 Å². The van der Waals surface area contributed by atoms with Crippen molar-refractivity contribution in [3.8, 4) is 0 Å². The second-order valence-corrected chi connectivity index (χ2v) is 5.38. The number of nitrogens with zero attached hydrogens (tertiary/aromatic N) is 2. The van der Waals surface area contributed by atoms with Crippen LogP contribution in [0.3, 0.4) is 0 Å². The highest BCUT2D eigenvalue weighted by Crippen LogP contribution is 2.15. The highest BCUT2D eigenvalue weighted by Gasteiger charge is 2.07. The predicted octanol–water partition coefficient (Wildman–Crippen LogP) is 3.05. The number of nitrogens with one attached hydrogen (secondary N) is 1. The first kappa shape index (κ1) is 13.8. The minimum absolute atomic E-state index is 0.477. The van der Waals surface area contributed by atoms with E-state index in [1.54, 1.807) is 0 Å². The summed E-state index contributed by atoms with van der Waals surface area (Å²) in [6.45, 7) is 10.4. The summed E-state index contributed by atoms with van der Waals surface area (Å²) >= 11 is 0. The minimum Gasteiger partial charge on any atom is -0.329 e. The van der Waals surface area contributed by atoms with E-state index in [0.29, 0.717) is 6.04 Å². The second kappa shape index (κ2) is 6.02. The fraction of sp³-hybridized carbons (Fsp3) is 0.438. The number of hydrogen-bond acceptors (Lipinski definition) is 2. The number of hydrogen-bond donors (Lipinski definition) is 1. The zero-order chi connectivity index (χ0) is 13.8. The Morgan fingerprint density at radius 3 is 2.53 bits per heavy atom. The van der Waals surface area contributed by atoms with Gasteiger partial charge in [-0.2, -0.15) is 0 Å². The maximum absolute atomic E-state index is 4.44. The average molecular weight is 257 g/mol. The van der Waals surface area contributed by atoms with E-state index in [4.69, 9.17) is 0 Å². The first-order valence-electron chi connectivity index (χ1n) is 6.86. The summed E-state index contributed by atoms with van der Waals surface area (Å²) in [7, 11) is 0. The van der Waals surface area contributed by atoms with Gasteiger partial charge in [0.1, 0.15) is 5.82 Å². The van der Waals surface area contributed by atoms with Crippen molar-refractivity contribution in [1.29, 1.82) is 0 Å². The molecule has 0 atom stereocenters. The minimum atomic E-state index is 0.477. The Labute approximate surface area is 115 Å². The summed E-state index contributed by atoms with van der Waals surface area (Å²) in [6, 6.07) is 6.94. The zero-order valence-electron chi connectivity index (χ0n) is 12.3. The Balaban J connectivity index is 2.17. The van der Waals surface area contributed by atoms with Crippen molar-refractivity contribution >= 4 is 0 Å². The van der Waals surface area contributed by atoms with Gasteiger partial charge in [0.25, 0.3) is 0 Å². The lowest BCUT2D eigenvalue weighted by Crippen LogP contribution is -2.24. The molecule has 0 aliphatic heterocycles. The molecule has 19 heavy (non-hydrogen) atoms. The molecule has 1 heterocycles.